The molecule has 0 aliphatic heterocycles. The normalized spacial score (nSPS) is 11.6. The molecule has 34 heavy (non-hydrogen) atoms. The minimum absolute atomic E-state index is 0.0558. The fourth-order valence-electron chi connectivity index (χ4n) is 3.57. The number of alkyl halides is 3. The summed E-state index contributed by atoms with van der Waals surface area (Å²) in [4.78, 5) is 29.5. The van der Waals surface area contributed by atoms with E-state index in [1.54, 1.807) is 0 Å². The molecule has 0 aliphatic carbocycles. The lowest BCUT2D eigenvalue weighted by molar-refractivity contribution is -0.143. The first-order valence-electron chi connectivity index (χ1n) is 9.65. The first-order valence-corrected chi connectivity index (χ1v) is 10.8. The first-order chi connectivity index (χ1) is 16.1. The van der Waals surface area contributed by atoms with Crippen LogP contribution in [0.15, 0.2) is 60.9 Å². The summed E-state index contributed by atoms with van der Waals surface area (Å²) < 4.78 is 44.0. The molecule has 1 amide bonds. The second-order valence-corrected chi connectivity index (χ2v) is 8.51. The molecule has 0 aliphatic rings. The van der Waals surface area contributed by atoms with Crippen LogP contribution in [0.1, 0.15) is 21.6 Å². The van der Waals surface area contributed by atoms with E-state index in [1.165, 1.54) is 60.9 Å². The molecular formula is C23H13Cl3F3N3O2. The van der Waals surface area contributed by atoms with E-state index in [0.717, 1.165) is 4.57 Å². The van der Waals surface area contributed by atoms with Crippen molar-refractivity contribution in [2.45, 2.75) is 12.7 Å². The fourth-order valence-corrected chi connectivity index (χ4v) is 4.21. The minimum atomic E-state index is -4.98. The SMILES string of the molecule is O=C(Nc1cccnc1)C(=O)c1c(C(F)(F)F)n(Cc2ccc(Cl)cc2Cl)c2ccc(Cl)cc12. The maximum absolute atomic E-state index is 14.4. The Bertz CT molecular complexity index is 1420. The number of ketones is 1. The van der Waals surface area contributed by atoms with E-state index in [4.69, 9.17) is 34.8 Å². The molecule has 0 spiro atoms. The highest BCUT2D eigenvalue weighted by molar-refractivity contribution is 6.49. The average Bonchev–Trinajstić information content (AvgIpc) is 3.09. The molecule has 0 fully saturated rings. The van der Waals surface area contributed by atoms with Crippen molar-refractivity contribution in [3.63, 3.8) is 0 Å². The van der Waals surface area contributed by atoms with Gasteiger partial charge in [0, 0.05) is 38.7 Å². The molecule has 2 aromatic heterocycles. The third-order valence-electron chi connectivity index (χ3n) is 4.99. The summed E-state index contributed by atoms with van der Waals surface area (Å²) in [5, 5.41) is 2.73. The molecule has 11 heteroatoms. The summed E-state index contributed by atoms with van der Waals surface area (Å²) in [5.41, 5.74) is -1.55. The van der Waals surface area contributed by atoms with Crippen LogP contribution >= 0.6 is 34.8 Å². The molecule has 174 valence electrons. The summed E-state index contributed by atoms with van der Waals surface area (Å²) in [6.45, 7) is -0.333. The van der Waals surface area contributed by atoms with Crippen molar-refractivity contribution in [3.05, 3.63) is 92.8 Å². The molecule has 0 bridgehead atoms. The number of amides is 1. The lowest BCUT2D eigenvalue weighted by atomic mass is 10.1. The molecule has 0 atom stereocenters. The van der Waals surface area contributed by atoms with Gasteiger partial charge in [0.25, 0.3) is 11.7 Å². The lowest BCUT2D eigenvalue weighted by Gasteiger charge is -2.15. The van der Waals surface area contributed by atoms with E-state index in [-0.39, 0.29) is 33.2 Å². The van der Waals surface area contributed by atoms with Crippen LogP contribution in [0.25, 0.3) is 10.9 Å². The van der Waals surface area contributed by atoms with E-state index in [9.17, 15) is 22.8 Å². The zero-order valence-electron chi connectivity index (χ0n) is 17.0. The Balaban J connectivity index is 1.91. The van der Waals surface area contributed by atoms with Gasteiger partial charge in [0.15, 0.2) is 0 Å². The number of anilines is 1. The molecule has 2 aromatic carbocycles. The van der Waals surface area contributed by atoms with Gasteiger partial charge < -0.3 is 9.88 Å². The zero-order valence-corrected chi connectivity index (χ0v) is 19.2. The van der Waals surface area contributed by atoms with Gasteiger partial charge in [-0.1, -0.05) is 40.9 Å². The van der Waals surface area contributed by atoms with Gasteiger partial charge in [-0.3, -0.25) is 14.6 Å². The zero-order chi connectivity index (χ0) is 24.6. The van der Waals surface area contributed by atoms with Gasteiger partial charge in [0.05, 0.1) is 17.4 Å². The number of carbonyl (C=O) groups excluding carboxylic acids is 2. The summed E-state index contributed by atoms with van der Waals surface area (Å²) >= 11 is 18.1. The number of hydrogen-bond donors (Lipinski definition) is 1. The standard InChI is InChI=1S/C23H13Cl3F3N3O2/c24-13-5-6-18-16(8-13)19(20(33)22(34)31-15-2-1-7-30-10-15)21(23(27,28)29)32(18)11-12-3-4-14(25)9-17(12)26/h1-10H,11H2,(H,31,34). The fraction of sp³-hybridized carbons (Fsp3) is 0.0870. The first kappa shape index (κ1) is 24.1. The second kappa shape index (κ2) is 9.29. The molecule has 0 saturated heterocycles. The Morgan fingerprint density at radius 3 is 2.35 bits per heavy atom. The quantitative estimate of drug-likeness (QED) is 0.228. The number of Topliss-reactive ketones (excluding diaryl/α,β-unsaturated/α-hetero) is 1. The van der Waals surface area contributed by atoms with Gasteiger partial charge in [-0.05, 0) is 48.0 Å². The number of rotatable bonds is 5. The Kier molecular flexibility index (Phi) is 6.58. The predicted octanol–water partition coefficient (Wildman–Crippen LogP) is 6.89. The molecule has 1 N–H and O–H groups in total. The third kappa shape index (κ3) is 4.75. The number of pyridine rings is 1. The number of halogens is 6. The molecule has 5 nitrogen and oxygen atoms in total. The number of hydrogen-bond acceptors (Lipinski definition) is 3. The third-order valence-corrected chi connectivity index (χ3v) is 5.81. The van der Waals surface area contributed by atoms with Gasteiger partial charge >= 0.3 is 6.18 Å². The summed E-state index contributed by atoms with van der Waals surface area (Å²) in [5.74, 6) is -2.62. The van der Waals surface area contributed by atoms with Gasteiger partial charge in [-0.2, -0.15) is 13.2 Å². The van der Waals surface area contributed by atoms with Crippen molar-refractivity contribution in [2.75, 3.05) is 5.32 Å². The maximum Gasteiger partial charge on any atom is 0.432 e. The van der Waals surface area contributed by atoms with Crippen molar-refractivity contribution < 1.29 is 22.8 Å². The Morgan fingerprint density at radius 2 is 1.71 bits per heavy atom. The Hall–Kier alpha value is -3.07. The number of benzene rings is 2. The minimum Gasteiger partial charge on any atom is -0.332 e. The highest BCUT2D eigenvalue weighted by Crippen LogP contribution is 2.40. The topological polar surface area (TPSA) is 64.0 Å². The van der Waals surface area contributed by atoms with E-state index < -0.39 is 29.1 Å². The number of fused-ring (bicyclic) bond motifs is 1. The number of carbonyl (C=O) groups is 2. The number of aromatic nitrogens is 2. The van der Waals surface area contributed by atoms with Crippen LogP contribution in [0.5, 0.6) is 0 Å². The van der Waals surface area contributed by atoms with Crippen molar-refractivity contribution in [1.82, 2.24) is 9.55 Å². The Morgan fingerprint density at radius 1 is 1.00 bits per heavy atom. The van der Waals surface area contributed by atoms with E-state index in [0.29, 0.717) is 10.6 Å². The molecular weight excluding hydrogens is 514 g/mol. The predicted molar refractivity (Wildman–Crippen MR) is 125 cm³/mol. The van der Waals surface area contributed by atoms with Gasteiger partial charge in [0.1, 0.15) is 5.69 Å². The van der Waals surface area contributed by atoms with E-state index in [2.05, 4.69) is 10.3 Å². The number of nitrogens with zero attached hydrogens (tertiary/aromatic N) is 2. The maximum atomic E-state index is 14.4. The van der Waals surface area contributed by atoms with Crippen molar-refractivity contribution in [1.29, 1.82) is 0 Å². The smallest absolute Gasteiger partial charge is 0.332 e. The van der Waals surface area contributed by atoms with Gasteiger partial charge in [-0.15, -0.1) is 0 Å². The Labute approximate surface area is 206 Å². The molecule has 4 aromatic rings. The molecule has 0 saturated carbocycles. The number of nitrogens with one attached hydrogen (secondary N) is 1. The van der Waals surface area contributed by atoms with Crippen LogP contribution in [0.2, 0.25) is 15.1 Å². The molecule has 0 radical (unpaired) electrons. The lowest BCUT2D eigenvalue weighted by Crippen LogP contribution is -2.26. The summed E-state index contributed by atoms with van der Waals surface area (Å²) in [6.07, 6.45) is -2.28. The van der Waals surface area contributed by atoms with Crippen LogP contribution < -0.4 is 5.32 Å². The van der Waals surface area contributed by atoms with Crippen LogP contribution in [0.3, 0.4) is 0 Å². The van der Waals surface area contributed by atoms with E-state index in [1.807, 2.05) is 0 Å². The second-order valence-electron chi connectivity index (χ2n) is 7.23. The highest BCUT2D eigenvalue weighted by Gasteiger charge is 2.42. The van der Waals surface area contributed by atoms with Crippen LogP contribution in [0.4, 0.5) is 18.9 Å². The average molecular weight is 527 g/mol. The van der Waals surface area contributed by atoms with Crippen LogP contribution in [-0.4, -0.2) is 21.2 Å². The molecule has 0 unspecified atom stereocenters. The van der Waals surface area contributed by atoms with Crippen LogP contribution in [0, 0.1) is 0 Å². The van der Waals surface area contributed by atoms with E-state index >= 15 is 0 Å². The molecule has 4 rings (SSSR count). The van der Waals surface area contributed by atoms with Crippen LogP contribution in [-0.2, 0) is 17.5 Å². The van der Waals surface area contributed by atoms with Gasteiger partial charge in [0.2, 0.25) is 0 Å². The van der Waals surface area contributed by atoms with Crippen molar-refractivity contribution in [2.24, 2.45) is 0 Å². The van der Waals surface area contributed by atoms with Gasteiger partial charge in [-0.25, -0.2) is 0 Å². The highest BCUT2D eigenvalue weighted by atomic mass is 35.5. The monoisotopic (exact) mass is 525 g/mol. The summed E-state index contributed by atoms with van der Waals surface area (Å²) in [6, 6.07) is 11.3. The molecule has 2 heterocycles. The largest absolute Gasteiger partial charge is 0.432 e. The van der Waals surface area contributed by atoms with Crippen molar-refractivity contribution in [3.8, 4) is 0 Å². The summed E-state index contributed by atoms with van der Waals surface area (Å²) in [7, 11) is 0. The van der Waals surface area contributed by atoms with Crippen molar-refractivity contribution >= 4 is 63.1 Å².